The van der Waals surface area contributed by atoms with E-state index in [1.54, 1.807) is 7.11 Å². The van der Waals surface area contributed by atoms with Gasteiger partial charge in [-0.2, -0.15) is 0 Å². The van der Waals surface area contributed by atoms with E-state index in [1.165, 1.54) is 7.11 Å². The number of dihydropyridines is 1. The molecule has 1 N–H and O–H groups in total. The zero-order chi connectivity index (χ0) is 25.1. The second-order valence-corrected chi connectivity index (χ2v) is 9.05. The standard InChI is InChI=1S/C29H34N2O4/c1-6-31(7-2)22-12-8-20(9-13-22)27-26(29(33)35-5)18(3)30-24-16-21(17-25(32)28(24)27)19-10-14-23(34-4)15-11-19/h8-15,21,27,30H,6-7,16-17H2,1-5H3/t21-,27-/m1/s1. The van der Waals surface area contributed by atoms with Gasteiger partial charge >= 0.3 is 5.97 Å². The molecule has 0 unspecified atom stereocenters. The molecular formula is C29H34N2O4. The molecule has 2 aromatic carbocycles. The largest absolute Gasteiger partial charge is 0.497 e. The third-order valence-corrected chi connectivity index (χ3v) is 7.18. The Bertz CT molecular complexity index is 1160. The summed E-state index contributed by atoms with van der Waals surface area (Å²) in [7, 11) is 3.03. The number of ether oxygens (including phenoxy) is 2. The Morgan fingerprint density at radius 3 is 2.17 bits per heavy atom. The summed E-state index contributed by atoms with van der Waals surface area (Å²) in [5.74, 6) is 0.0589. The van der Waals surface area contributed by atoms with Crippen molar-refractivity contribution in [2.45, 2.75) is 45.4 Å². The molecule has 0 bridgehead atoms. The van der Waals surface area contributed by atoms with E-state index in [0.29, 0.717) is 24.0 Å². The average molecular weight is 475 g/mol. The van der Waals surface area contributed by atoms with Gasteiger partial charge in [-0.3, -0.25) is 4.79 Å². The molecule has 0 spiro atoms. The molecule has 0 saturated heterocycles. The van der Waals surface area contributed by atoms with Crippen molar-refractivity contribution in [3.05, 3.63) is 82.2 Å². The second kappa shape index (κ2) is 10.4. The Morgan fingerprint density at radius 1 is 0.971 bits per heavy atom. The van der Waals surface area contributed by atoms with E-state index in [4.69, 9.17) is 9.47 Å². The molecule has 0 saturated carbocycles. The van der Waals surface area contributed by atoms with Gasteiger partial charge in [0.15, 0.2) is 5.78 Å². The van der Waals surface area contributed by atoms with Crippen LogP contribution < -0.4 is 15.0 Å². The fourth-order valence-electron chi connectivity index (χ4n) is 5.33. The zero-order valence-corrected chi connectivity index (χ0v) is 21.2. The van der Waals surface area contributed by atoms with Crippen LogP contribution in [0.2, 0.25) is 0 Å². The highest BCUT2D eigenvalue weighted by atomic mass is 16.5. The van der Waals surface area contributed by atoms with E-state index in [1.807, 2.05) is 43.3 Å². The Labute approximate surface area is 207 Å². The zero-order valence-electron chi connectivity index (χ0n) is 21.2. The Balaban J connectivity index is 1.74. The quantitative estimate of drug-likeness (QED) is 0.565. The molecule has 6 heteroatoms. The number of carbonyl (C=O) groups is 2. The van der Waals surface area contributed by atoms with Gasteiger partial charge in [-0.25, -0.2) is 4.79 Å². The number of esters is 1. The summed E-state index contributed by atoms with van der Waals surface area (Å²) >= 11 is 0. The molecule has 35 heavy (non-hydrogen) atoms. The summed E-state index contributed by atoms with van der Waals surface area (Å²) in [6, 6.07) is 16.1. The maximum absolute atomic E-state index is 13.6. The van der Waals surface area contributed by atoms with E-state index in [0.717, 1.165) is 47.0 Å². The first-order valence-electron chi connectivity index (χ1n) is 12.2. The molecule has 4 rings (SSSR count). The van der Waals surface area contributed by atoms with Crippen LogP contribution in [-0.4, -0.2) is 39.1 Å². The van der Waals surface area contributed by atoms with Crippen molar-refractivity contribution in [2.75, 3.05) is 32.2 Å². The lowest BCUT2D eigenvalue weighted by Crippen LogP contribution is -2.36. The third-order valence-electron chi connectivity index (χ3n) is 7.18. The average Bonchev–Trinajstić information content (AvgIpc) is 2.88. The van der Waals surface area contributed by atoms with Gasteiger partial charge in [0.2, 0.25) is 0 Å². The van der Waals surface area contributed by atoms with Gasteiger partial charge in [-0.05, 0) is 68.5 Å². The molecule has 2 atom stereocenters. The number of allylic oxidation sites excluding steroid dienone is 3. The van der Waals surface area contributed by atoms with Gasteiger partial charge in [-0.15, -0.1) is 0 Å². The summed E-state index contributed by atoms with van der Waals surface area (Å²) in [6.45, 7) is 7.96. The van der Waals surface area contributed by atoms with E-state index < -0.39 is 11.9 Å². The SMILES string of the molecule is CCN(CC)c1ccc([C@@H]2C(C(=O)OC)=C(C)NC3=C2C(=O)C[C@H](c2ccc(OC)cc2)C3)cc1. The Hall–Kier alpha value is -3.54. The molecule has 6 nitrogen and oxygen atoms in total. The maximum atomic E-state index is 13.6. The normalized spacial score (nSPS) is 19.7. The molecule has 1 heterocycles. The van der Waals surface area contributed by atoms with E-state index >= 15 is 0 Å². The van der Waals surface area contributed by atoms with Gasteiger partial charge in [0.05, 0.1) is 19.8 Å². The third kappa shape index (κ3) is 4.70. The minimum Gasteiger partial charge on any atom is -0.497 e. The van der Waals surface area contributed by atoms with Crippen LogP contribution in [0.1, 0.15) is 56.6 Å². The van der Waals surface area contributed by atoms with Crippen molar-refractivity contribution in [3.63, 3.8) is 0 Å². The van der Waals surface area contributed by atoms with Crippen molar-refractivity contribution >= 4 is 17.4 Å². The van der Waals surface area contributed by atoms with Crippen LogP contribution in [0.4, 0.5) is 5.69 Å². The first-order valence-corrected chi connectivity index (χ1v) is 12.2. The molecule has 184 valence electrons. The van der Waals surface area contributed by atoms with Gasteiger partial charge in [-0.1, -0.05) is 24.3 Å². The van der Waals surface area contributed by atoms with Crippen LogP contribution in [0, 0.1) is 0 Å². The van der Waals surface area contributed by atoms with Crippen molar-refractivity contribution < 1.29 is 19.1 Å². The lowest BCUT2D eigenvalue weighted by atomic mass is 9.71. The highest BCUT2D eigenvalue weighted by Gasteiger charge is 2.41. The lowest BCUT2D eigenvalue weighted by molar-refractivity contribution is -0.136. The highest BCUT2D eigenvalue weighted by Crippen LogP contribution is 2.46. The molecule has 1 aliphatic carbocycles. The van der Waals surface area contributed by atoms with Crippen LogP contribution in [-0.2, 0) is 14.3 Å². The molecule has 1 aliphatic heterocycles. The first-order chi connectivity index (χ1) is 16.9. The maximum Gasteiger partial charge on any atom is 0.336 e. The predicted molar refractivity (Wildman–Crippen MR) is 138 cm³/mol. The number of hydrogen-bond acceptors (Lipinski definition) is 6. The number of rotatable bonds is 7. The lowest BCUT2D eigenvalue weighted by Gasteiger charge is -2.36. The monoisotopic (exact) mass is 474 g/mol. The predicted octanol–water partition coefficient (Wildman–Crippen LogP) is 5.08. The van der Waals surface area contributed by atoms with Gasteiger partial charge in [0, 0.05) is 48.1 Å². The van der Waals surface area contributed by atoms with Crippen molar-refractivity contribution in [1.29, 1.82) is 0 Å². The molecule has 2 aromatic rings. The number of nitrogens with zero attached hydrogens (tertiary/aromatic N) is 1. The van der Waals surface area contributed by atoms with Crippen LogP contribution >= 0.6 is 0 Å². The van der Waals surface area contributed by atoms with Crippen LogP contribution in [0.3, 0.4) is 0 Å². The van der Waals surface area contributed by atoms with Crippen molar-refractivity contribution in [2.24, 2.45) is 0 Å². The highest BCUT2D eigenvalue weighted by molar-refractivity contribution is 6.04. The number of ketones is 1. The van der Waals surface area contributed by atoms with Crippen molar-refractivity contribution in [1.82, 2.24) is 5.32 Å². The van der Waals surface area contributed by atoms with Gasteiger partial charge in [0.25, 0.3) is 0 Å². The Morgan fingerprint density at radius 2 is 1.60 bits per heavy atom. The molecular weight excluding hydrogens is 440 g/mol. The summed E-state index contributed by atoms with van der Waals surface area (Å²) in [6.07, 6.45) is 1.10. The fraction of sp³-hybridized carbons (Fsp3) is 0.379. The number of Topliss-reactive ketones (excluding diaryl/α,β-unsaturated/α-hetero) is 1. The second-order valence-electron chi connectivity index (χ2n) is 9.05. The molecule has 0 fully saturated rings. The fourth-order valence-corrected chi connectivity index (χ4v) is 5.33. The minimum absolute atomic E-state index is 0.0614. The number of benzene rings is 2. The van der Waals surface area contributed by atoms with Crippen molar-refractivity contribution in [3.8, 4) is 5.75 Å². The summed E-state index contributed by atoms with van der Waals surface area (Å²) < 4.78 is 10.4. The molecule has 0 radical (unpaired) electrons. The summed E-state index contributed by atoms with van der Waals surface area (Å²) in [4.78, 5) is 28.8. The minimum atomic E-state index is -0.450. The van der Waals surface area contributed by atoms with E-state index in [9.17, 15) is 9.59 Å². The van der Waals surface area contributed by atoms with Crippen LogP contribution in [0.5, 0.6) is 5.75 Å². The summed E-state index contributed by atoms with van der Waals surface area (Å²) in [5, 5.41) is 3.39. The van der Waals surface area contributed by atoms with Gasteiger partial charge < -0.3 is 19.7 Å². The molecule has 2 aliphatic rings. The van der Waals surface area contributed by atoms with Crippen LogP contribution in [0.15, 0.2) is 71.1 Å². The number of carbonyl (C=O) groups excluding carboxylic acids is 2. The number of methoxy groups -OCH3 is 2. The first kappa shape index (κ1) is 24.6. The number of nitrogens with one attached hydrogen (secondary N) is 1. The molecule has 0 aromatic heterocycles. The van der Waals surface area contributed by atoms with E-state index in [-0.39, 0.29) is 11.7 Å². The number of hydrogen-bond donors (Lipinski definition) is 1. The number of anilines is 1. The van der Waals surface area contributed by atoms with Gasteiger partial charge in [0.1, 0.15) is 5.75 Å². The molecule has 0 amide bonds. The topological polar surface area (TPSA) is 67.9 Å². The van der Waals surface area contributed by atoms with Crippen LogP contribution in [0.25, 0.3) is 0 Å². The Kier molecular flexibility index (Phi) is 7.29. The van der Waals surface area contributed by atoms with E-state index in [2.05, 4.69) is 36.2 Å². The summed E-state index contributed by atoms with van der Waals surface area (Å²) in [5.41, 5.74) is 5.95. The smallest absolute Gasteiger partial charge is 0.336 e.